The van der Waals surface area contributed by atoms with Gasteiger partial charge < -0.3 is 9.84 Å². The number of aliphatic hydroxyl groups is 1. The molecule has 3 atom stereocenters. The third kappa shape index (κ3) is 7.41. The van der Waals surface area contributed by atoms with E-state index in [9.17, 15) is 9.90 Å². The van der Waals surface area contributed by atoms with Crippen LogP contribution in [0.5, 0.6) is 0 Å². The number of amides is 1. The van der Waals surface area contributed by atoms with Crippen molar-refractivity contribution in [3.05, 3.63) is 35.3 Å². The van der Waals surface area contributed by atoms with E-state index in [0.717, 1.165) is 25.0 Å². The first-order valence-corrected chi connectivity index (χ1v) is 10.3. The molecular formula is C22H38N2O4. The van der Waals surface area contributed by atoms with Crippen molar-refractivity contribution in [1.82, 2.24) is 10.4 Å². The van der Waals surface area contributed by atoms with Gasteiger partial charge in [-0.2, -0.15) is 5.06 Å². The fourth-order valence-electron chi connectivity index (χ4n) is 3.25. The van der Waals surface area contributed by atoms with Crippen molar-refractivity contribution in [2.45, 2.75) is 66.0 Å². The predicted molar refractivity (Wildman–Crippen MR) is 112 cm³/mol. The van der Waals surface area contributed by atoms with E-state index in [2.05, 4.69) is 32.2 Å². The summed E-state index contributed by atoms with van der Waals surface area (Å²) in [5, 5.41) is 14.6. The molecule has 0 saturated heterocycles. The van der Waals surface area contributed by atoms with Gasteiger partial charge in [-0.3, -0.25) is 14.9 Å². The van der Waals surface area contributed by atoms with Crippen LogP contribution in [0.3, 0.4) is 0 Å². The molecule has 6 nitrogen and oxygen atoms in total. The molecule has 0 radical (unpaired) electrons. The van der Waals surface area contributed by atoms with Gasteiger partial charge in [0, 0.05) is 13.0 Å². The Balaban J connectivity index is 3.04. The highest BCUT2D eigenvalue weighted by atomic mass is 16.7. The van der Waals surface area contributed by atoms with Gasteiger partial charge in [0.25, 0.3) is 5.91 Å². The van der Waals surface area contributed by atoms with Crippen LogP contribution >= 0.6 is 0 Å². The van der Waals surface area contributed by atoms with E-state index < -0.39 is 0 Å². The van der Waals surface area contributed by atoms with E-state index >= 15 is 0 Å². The molecule has 0 bridgehead atoms. The number of carbonyl (C=O) groups is 1. The number of methoxy groups -OCH3 is 1. The lowest BCUT2D eigenvalue weighted by Gasteiger charge is -2.31. The number of ether oxygens (including phenoxy) is 1. The molecule has 0 heterocycles. The van der Waals surface area contributed by atoms with Crippen LogP contribution < -0.4 is 5.32 Å². The summed E-state index contributed by atoms with van der Waals surface area (Å²) in [6, 6.07) is 0. The molecule has 1 aliphatic rings. The van der Waals surface area contributed by atoms with Gasteiger partial charge >= 0.3 is 0 Å². The van der Waals surface area contributed by atoms with Gasteiger partial charge in [0.15, 0.2) is 0 Å². The fourth-order valence-corrected chi connectivity index (χ4v) is 3.25. The standard InChI is InChI=1S/C22H38N2O4/c1-7-10-16(2)15-28-24(20-12-9-8-11-17(20)3)22(26)19(18(4)25)13-14-21(23-5)27-6/h8-9,12,16-17,21,23,25H,7,10-11,13-15H2,1-6H3/b19-18+/t16?,17-,21?/m1/s1. The number of nitrogens with one attached hydrogen (secondary N) is 1. The number of hydrogen-bond acceptors (Lipinski definition) is 5. The van der Waals surface area contributed by atoms with Gasteiger partial charge in [0.05, 0.1) is 23.6 Å². The average molecular weight is 395 g/mol. The number of nitrogens with zero attached hydrogens (tertiary/aromatic N) is 1. The first-order chi connectivity index (χ1) is 13.3. The average Bonchev–Trinajstić information content (AvgIpc) is 2.66. The Bertz CT molecular complexity index is 575. The molecule has 2 N–H and O–H groups in total. The third-order valence-corrected chi connectivity index (χ3v) is 5.04. The second-order valence-corrected chi connectivity index (χ2v) is 7.56. The quantitative estimate of drug-likeness (QED) is 0.221. The molecule has 160 valence electrons. The Labute approximate surface area is 170 Å². The Hall–Kier alpha value is -1.63. The summed E-state index contributed by atoms with van der Waals surface area (Å²) in [4.78, 5) is 19.4. The maximum atomic E-state index is 13.3. The van der Waals surface area contributed by atoms with Crippen LogP contribution in [-0.4, -0.2) is 43.1 Å². The number of carbonyl (C=O) groups excluding carboxylic acids is 1. The van der Waals surface area contributed by atoms with Crippen molar-refractivity contribution in [3.8, 4) is 0 Å². The van der Waals surface area contributed by atoms with Crippen molar-refractivity contribution in [2.75, 3.05) is 20.8 Å². The lowest BCUT2D eigenvalue weighted by atomic mass is 9.98. The lowest BCUT2D eigenvalue weighted by molar-refractivity contribution is -0.177. The number of rotatable bonds is 12. The minimum atomic E-state index is -0.303. The van der Waals surface area contributed by atoms with Crippen LogP contribution in [0.25, 0.3) is 0 Å². The molecule has 2 unspecified atom stereocenters. The van der Waals surface area contributed by atoms with Crippen LogP contribution in [0.1, 0.15) is 59.8 Å². The fraction of sp³-hybridized carbons (Fsp3) is 0.682. The maximum Gasteiger partial charge on any atom is 0.281 e. The van der Waals surface area contributed by atoms with Gasteiger partial charge in [-0.05, 0) is 51.6 Å². The van der Waals surface area contributed by atoms with Crippen LogP contribution in [0.15, 0.2) is 35.3 Å². The monoisotopic (exact) mass is 394 g/mol. The topological polar surface area (TPSA) is 71.0 Å². The van der Waals surface area contributed by atoms with E-state index in [0.29, 0.717) is 30.9 Å². The summed E-state index contributed by atoms with van der Waals surface area (Å²) >= 11 is 0. The smallest absolute Gasteiger partial charge is 0.281 e. The van der Waals surface area contributed by atoms with Crippen LogP contribution in [0.4, 0.5) is 0 Å². The van der Waals surface area contributed by atoms with Crippen LogP contribution in [-0.2, 0) is 14.4 Å². The minimum absolute atomic E-state index is 0.0192. The minimum Gasteiger partial charge on any atom is -0.512 e. The molecule has 0 aromatic heterocycles. The summed E-state index contributed by atoms with van der Waals surface area (Å²) in [5.74, 6) is 0.230. The number of aliphatic hydroxyl groups excluding tert-OH is 1. The van der Waals surface area contributed by atoms with Crippen molar-refractivity contribution in [1.29, 1.82) is 0 Å². The summed E-state index contributed by atoms with van der Waals surface area (Å²) in [6.45, 7) is 8.34. The van der Waals surface area contributed by atoms with Crippen LogP contribution in [0, 0.1) is 11.8 Å². The Morgan fingerprint density at radius 3 is 2.68 bits per heavy atom. The number of hydroxylamine groups is 2. The zero-order valence-corrected chi connectivity index (χ0v) is 18.3. The van der Waals surface area contributed by atoms with Crippen molar-refractivity contribution < 1.29 is 19.5 Å². The molecule has 0 aromatic rings. The van der Waals surface area contributed by atoms with Gasteiger partial charge in [0.1, 0.15) is 6.23 Å². The van der Waals surface area contributed by atoms with Gasteiger partial charge in [-0.15, -0.1) is 0 Å². The zero-order chi connectivity index (χ0) is 21.1. The molecule has 0 spiro atoms. The first-order valence-electron chi connectivity index (χ1n) is 10.3. The predicted octanol–water partition coefficient (Wildman–Crippen LogP) is 4.47. The molecule has 1 amide bonds. The van der Waals surface area contributed by atoms with Crippen molar-refractivity contribution >= 4 is 5.91 Å². The Morgan fingerprint density at radius 2 is 2.14 bits per heavy atom. The largest absolute Gasteiger partial charge is 0.512 e. The van der Waals surface area contributed by atoms with E-state index in [1.807, 2.05) is 12.2 Å². The molecule has 6 heteroatoms. The second-order valence-electron chi connectivity index (χ2n) is 7.56. The highest BCUT2D eigenvalue weighted by Gasteiger charge is 2.29. The van der Waals surface area contributed by atoms with Gasteiger partial charge in [0.2, 0.25) is 0 Å². The molecule has 1 rings (SSSR count). The van der Waals surface area contributed by atoms with E-state index in [-0.39, 0.29) is 23.8 Å². The van der Waals surface area contributed by atoms with Crippen LogP contribution in [0.2, 0.25) is 0 Å². The van der Waals surface area contributed by atoms with Crippen molar-refractivity contribution in [2.24, 2.45) is 11.8 Å². The maximum absolute atomic E-state index is 13.3. The molecule has 0 aliphatic heterocycles. The molecular weight excluding hydrogens is 356 g/mol. The Kier molecular flexibility index (Phi) is 11.1. The highest BCUT2D eigenvalue weighted by molar-refractivity contribution is 5.94. The Morgan fingerprint density at radius 1 is 1.43 bits per heavy atom. The summed E-state index contributed by atoms with van der Waals surface area (Å²) < 4.78 is 5.32. The highest BCUT2D eigenvalue weighted by Crippen LogP contribution is 2.27. The van der Waals surface area contributed by atoms with E-state index in [1.54, 1.807) is 21.1 Å². The SMILES string of the molecule is CCCC(C)CON(C(=O)/C(CCC(NC)OC)=C(\C)O)C1=CC=CC[C@H]1C. The molecule has 1 aliphatic carbocycles. The summed E-state index contributed by atoms with van der Waals surface area (Å²) in [5.41, 5.74) is 1.18. The molecule has 0 aromatic carbocycles. The normalized spacial score (nSPS) is 19.6. The van der Waals surface area contributed by atoms with Gasteiger partial charge in [-0.25, -0.2) is 0 Å². The molecule has 0 fully saturated rings. The summed E-state index contributed by atoms with van der Waals surface area (Å²) in [6.07, 6.45) is 9.70. The third-order valence-electron chi connectivity index (χ3n) is 5.04. The molecule has 28 heavy (non-hydrogen) atoms. The van der Waals surface area contributed by atoms with Crippen molar-refractivity contribution in [3.63, 3.8) is 0 Å². The number of allylic oxidation sites excluding steroid dienone is 5. The summed E-state index contributed by atoms with van der Waals surface area (Å²) in [7, 11) is 3.42. The lowest BCUT2D eigenvalue weighted by Crippen LogP contribution is -2.37. The first kappa shape index (κ1) is 24.4. The van der Waals surface area contributed by atoms with Gasteiger partial charge in [-0.1, -0.05) is 39.3 Å². The van der Waals surface area contributed by atoms with E-state index in [4.69, 9.17) is 9.57 Å². The number of hydrogen-bond donors (Lipinski definition) is 2. The zero-order valence-electron chi connectivity index (χ0n) is 18.3. The molecule has 0 saturated carbocycles. The van der Waals surface area contributed by atoms with E-state index in [1.165, 1.54) is 5.06 Å². The second kappa shape index (κ2) is 12.8.